The van der Waals surface area contributed by atoms with Gasteiger partial charge in [-0.1, -0.05) is 12.1 Å². The molecule has 1 fully saturated rings. The van der Waals surface area contributed by atoms with Crippen molar-refractivity contribution in [2.24, 2.45) is 0 Å². The van der Waals surface area contributed by atoms with Crippen molar-refractivity contribution in [3.8, 4) is 11.3 Å². The third-order valence-electron chi connectivity index (χ3n) is 5.41. The predicted octanol–water partition coefficient (Wildman–Crippen LogP) is 3.46. The first-order valence-corrected chi connectivity index (χ1v) is 12.2. The summed E-state index contributed by atoms with van der Waals surface area (Å²) in [5, 5.41) is 13.7. The van der Waals surface area contributed by atoms with Crippen molar-refractivity contribution < 1.29 is 27.6 Å². The Morgan fingerprint density at radius 2 is 2.13 bits per heavy atom. The van der Waals surface area contributed by atoms with Gasteiger partial charge in [0.25, 0.3) is 0 Å². The van der Waals surface area contributed by atoms with E-state index in [0.29, 0.717) is 29.2 Å². The highest BCUT2D eigenvalue weighted by atomic mass is 31.2. The number of rotatable bonds is 5. The van der Waals surface area contributed by atoms with Crippen LogP contribution in [0.3, 0.4) is 0 Å². The zero-order valence-corrected chi connectivity index (χ0v) is 17.8. The summed E-state index contributed by atoms with van der Waals surface area (Å²) in [6, 6.07) is 5.03. The van der Waals surface area contributed by atoms with Gasteiger partial charge in [0, 0.05) is 35.3 Å². The smallest absolute Gasteiger partial charge is 0.394 e. The zero-order chi connectivity index (χ0) is 22.4. The summed E-state index contributed by atoms with van der Waals surface area (Å²) >= 11 is 0. The number of alkyl halides is 3. The second-order valence-corrected chi connectivity index (χ2v) is 11.3. The number of hydrogen-bond acceptors (Lipinski definition) is 6. The Hall–Kier alpha value is -2.42. The average molecular weight is 454 g/mol. The molecule has 2 aromatic heterocycles. The average Bonchev–Trinajstić information content (AvgIpc) is 3.33. The maximum atomic E-state index is 13.8. The van der Waals surface area contributed by atoms with E-state index < -0.39 is 24.4 Å². The Morgan fingerprint density at radius 1 is 1.35 bits per heavy atom. The number of halogens is 3. The van der Waals surface area contributed by atoms with Crippen LogP contribution in [-0.2, 0) is 15.5 Å². The summed E-state index contributed by atoms with van der Waals surface area (Å²) in [6.07, 6.45) is -2.03. The summed E-state index contributed by atoms with van der Waals surface area (Å²) in [5.74, 6) is -0.0373. The second kappa shape index (κ2) is 7.62. The minimum Gasteiger partial charge on any atom is -0.394 e. The molecule has 0 amide bonds. The predicted molar refractivity (Wildman–Crippen MR) is 112 cm³/mol. The number of anilines is 1. The molecule has 3 N–H and O–H groups in total. The molecule has 11 heteroatoms. The van der Waals surface area contributed by atoms with Crippen LogP contribution in [0.1, 0.15) is 12.0 Å². The maximum absolute atomic E-state index is 13.8. The number of aromatic nitrogens is 3. The third-order valence-corrected chi connectivity index (χ3v) is 6.94. The highest BCUT2D eigenvalue weighted by Gasteiger charge is 2.38. The van der Waals surface area contributed by atoms with Gasteiger partial charge in [-0.25, -0.2) is 9.97 Å². The first kappa shape index (κ1) is 21.8. The molecule has 3 heterocycles. The molecule has 7 nitrogen and oxygen atoms in total. The van der Waals surface area contributed by atoms with Gasteiger partial charge in [-0.3, -0.25) is 0 Å². The molecule has 1 aliphatic rings. The number of hydrogen-bond donors (Lipinski definition) is 3. The number of ether oxygens (including phenoxy) is 1. The van der Waals surface area contributed by atoms with Crippen molar-refractivity contribution >= 4 is 29.3 Å². The van der Waals surface area contributed by atoms with Crippen LogP contribution in [0.4, 0.5) is 19.1 Å². The molecule has 0 radical (unpaired) electrons. The summed E-state index contributed by atoms with van der Waals surface area (Å²) in [7, 11) is -2.67. The molecule has 4 rings (SSSR count). The normalized spacial score (nSPS) is 19.8. The fraction of sp³-hybridized carbons (Fsp3) is 0.400. The molecule has 0 saturated carbocycles. The van der Waals surface area contributed by atoms with Crippen molar-refractivity contribution in [3.05, 3.63) is 36.2 Å². The number of para-hydroxylation sites is 1. The zero-order valence-electron chi connectivity index (χ0n) is 17.0. The Labute approximate surface area is 176 Å². The van der Waals surface area contributed by atoms with E-state index in [9.17, 15) is 22.8 Å². The van der Waals surface area contributed by atoms with Crippen molar-refractivity contribution in [2.45, 2.75) is 18.1 Å². The topological polar surface area (TPSA) is 100 Å². The first-order chi connectivity index (χ1) is 14.5. The Bertz CT molecular complexity index is 1170. The molecular weight excluding hydrogens is 432 g/mol. The number of aliphatic hydroxyl groups is 1. The molecular formula is C20H22F3N4O3P. The summed E-state index contributed by atoms with van der Waals surface area (Å²) in [4.78, 5) is 11.0. The number of aromatic amines is 1. The number of nitrogens with zero attached hydrogens (tertiary/aromatic N) is 2. The maximum Gasteiger partial charge on any atom is 0.419 e. The van der Waals surface area contributed by atoms with Gasteiger partial charge in [-0.15, -0.1) is 0 Å². The van der Waals surface area contributed by atoms with E-state index in [1.165, 1.54) is 6.20 Å². The van der Waals surface area contributed by atoms with E-state index in [1.54, 1.807) is 31.5 Å². The van der Waals surface area contributed by atoms with Crippen LogP contribution >= 0.6 is 7.14 Å². The molecule has 1 unspecified atom stereocenters. The van der Waals surface area contributed by atoms with Gasteiger partial charge < -0.3 is 24.7 Å². The molecule has 3 aromatic rings. The first-order valence-electron chi connectivity index (χ1n) is 9.61. The fourth-order valence-electron chi connectivity index (χ4n) is 3.75. The molecule has 1 aliphatic heterocycles. The summed E-state index contributed by atoms with van der Waals surface area (Å²) < 4.78 is 59.3. The van der Waals surface area contributed by atoms with E-state index in [2.05, 4.69) is 20.3 Å². The van der Waals surface area contributed by atoms with Crippen LogP contribution in [0.25, 0.3) is 22.2 Å². The summed E-state index contributed by atoms with van der Waals surface area (Å²) in [5.41, 5.74) is -1.39. The van der Waals surface area contributed by atoms with Gasteiger partial charge in [0.05, 0.1) is 30.0 Å². The van der Waals surface area contributed by atoms with Crippen LogP contribution in [0.15, 0.2) is 30.6 Å². The van der Waals surface area contributed by atoms with Gasteiger partial charge in [-0.2, -0.15) is 13.2 Å². The minimum absolute atomic E-state index is 0.0373. The van der Waals surface area contributed by atoms with E-state index in [4.69, 9.17) is 4.74 Å². The number of H-pyrrole nitrogens is 1. The number of nitrogens with one attached hydrogen (secondary N) is 2. The third kappa shape index (κ3) is 4.07. The minimum atomic E-state index is -4.68. The van der Waals surface area contributed by atoms with Crippen molar-refractivity contribution in [1.29, 1.82) is 0 Å². The van der Waals surface area contributed by atoms with Crippen LogP contribution in [0.2, 0.25) is 0 Å². The van der Waals surface area contributed by atoms with Gasteiger partial charge in [0.15, 0.2) is 0 Å². The van der Waals surface area contributed by atoms with Crippen LogP contribution in [0, 0.1) is 0 Å². The lowest BCUT2D eigenvalue weighted by Crippen LogP contribution is -2.43. The van der Waals surface area contributed by atoms with Crippen LogP contribution < -0.4 is 10.6 Å². The molecule has 0 spiro atoms. The van der Waals surface area contributed by atoms with Crippen molar-refractivity contribution in [3.63, 3.8) is 0 Å². The van der Waals surface area contributed by atoms with Crippen LogP contribution in [0.5, 0.6) is 0 Å². The lowest BCUT2D eigenvalue weighted by atomic mass is 10.0. The number of aliphatic hydroxyl groups excluding tert-OH is 1. The van der Waals surface area contributed by atoms with E-state index in [-0.39, 0.29) is 30.4 Å². The van der Waals surface area contributed by atoms with Gasteiger partial charge in [0.2, 0.25) is 5.95 Å². The Balaban J connectivity index is 1.88. The van der Waals surface area contributed by atoms with Crippen molar-refractivity contribution in [2.75, 3.05) is 38.5 Å². The molecule has 0 bridgehead atoms. The lowest BCUT2D eigenvalue weighted by molar-refractivity contribution is -0.137. The van der Waals surface area contributed by atoms with Gasteiger partial charge in [-0.05, 0) is 25.8 Å². The molecule has 31 heavy (non-hydrogen) atoms. The highest BCUT2D eigenvalue weighted by Crippen LogP contribution is 2.42. The van der Waals surface area contributed by atoms with Gasteiger partial charge in [0.1, 0.15) is 12.7 Å². The van der Waals surface area contributed by atoms with Crippen LogP contribution in [-0.4, -0.2) is 58.7 Å². The lowest BCUT2D eigenvalue weighted by Gasteiger charge is -2.26. The Kier molecular flexibility index (Phi) is 5.36. The highest BCUT2D eigenvalue weighted by molar-refractivity contribution is 7.70. The molecule has 1 saturated heterocycles. The summed E-state index contributed by atoms with van der Waals surface area (Å²) in [6.45, 7) is 3.55. The van der Waals surface area contributed by atoms with E-state index in [1.807, 2.05) is 0 Å². The number of benzene rings is 1. The molecule has 1 atom stereocenters. The largest absolute Gasteiger partial charge is 0.419 e. The SMILES string of the molecule is CP(C)(=O)c1cccc2c(-c3nc(NC4(CO)CCOC4)ncc3C(F)(F)F)c[nH]c12. The molecule has 166 valence electrons. The van der Waals surface area contributed by atoms with Crippen molar-refractivity contribution in [1.82, 2.24) is 15.0 Å². The van der Waals surface area contributed by atoms with Gasteiger partial charge >= 0.3 is 6.18 Å². The van der Waals surface area contributed by atoms with E-state index >= 15 is 0 Å². The number of fused-ring (bicyclic) bond motifs is 1. The Morgan fingerprint density at radius 3 is 2.74 bits per heavy atom. The fourth-order valence-corrected chi connectivity index (χ4v) is 4.91. The molecule has 1 aromatic carbocycles. The second-order valence-electron chi connectivity index (χ2n) is 8.07. The quantitative estimate of drug-likeness (QED) is 0.511. The standard InChI is InChI=1S/C20H22F3N4O3P/c1-31(2,29)15-5-3-4-12-13(8-24-17(12)15)16-14(20(21,22)23)9-25-18(26-16)27-19(10-28)6-7-30-11-19/h3-5,8-9,24,28H,6-7,10-11H2,1-2H3,(H,25,26,27). The van der Waals surface area contributed by atoms with E-state index in [0.717, 1.165) is 6.20 Å². The molecule has 0 aliphatic carbocycles. The monoisotopic (exact) mass is 454 g/mol.